The molecular formula is C21H25NO6S. The first-order valence-electron chi connectivity index (χ1n) is 9.39. The molecule has 0 amide bonds. The zero-order valence-electron chi connectivity index (χ0n) is 16.4. The van der Waals surface area contributed by atoms with Crippen molar-refractivity contribution in [3.63, 3.8) is 0 Å². The third-order valence-electron chi connectivity index (χ3n) is 4.91. The van der Waals surface area contributed by atoms with Crippen LogP contribution in [0.3, 0.4) is 0 Å². The highest BCUT2D eigenvalue weighted by atomic mass is 32.2. The van der Waals surface area contributed by atoms with Gasteiger partial charge in [-0.2, -0.15) is 4.31 Å². The van der Waals surface area contributed by atoms with Crippen LogP contribution in [0.1, 0.15) is 29.5 Å². The van der Waals surface area contributed by atoms with Gasteiger partial charge in [0.25, 0.3) is 0 Å². The second-order valence-corrected chi connectivity index (χ2v) is 9.31. The number of sulfonamides is 1. The van der Waals surface area contributed by atoms with Crippen LogP contribution in [0.4, 0.5) is 0 Å². The molecule has 3 rings (SSSR count). The number of aliphatic carboxylic acids is 1. The molecule has 1 aliphatic rings. The third-order valence-corrected chi connectivity index (χ3v) is 6.80. The summed E-state index contributed by atoms with van der Waals surface area (Å²) < 4.78 is 32.5. The Morgan fingerprint density at radius 2 is 1.72 bits per heavy atom. The van der Waals surface area contributed by atoms with Crippen LogP contribution in [0, 0.1) is 13.8 Å². The Kier molecular flexibility index (Phi) is 6.26. The van der Waals surface area contributed by atoms with E-state index in [4.69, 9.17) is 4.74 Å². The quantitative estimate of drug-likeness (QED) is 0.746. The van der Waals surface area contributed by atoms with Gasteiger partial charge in [0.1, 0.15) is 18.4 Å². The summed E-state index contributed by atoms with van der Waals surface area (Å²) in [5, 5.41) is 19.2. The Hall–Kier alpha value is -2.42. The monoisotopic (exact) mass is 419 g/mol. The number of carbonyl (C=O) groups is 1. The lowest BCUT2D eigenvalue weighted by molar-refractivity contribution is -0.143. The topological polar surface area (TPSA) is 104 Å². The van der Waals surface area contributed by atoms with E-state index in [9.17, 15) is 23.4 Å². The van der Waals surface area contributed by atoms with Gasteiger partial charge in [0.2, 0.25) is 10.0 Å². The van der Waals surface area contributed by atoms with E-state index in [2.05, 4.69) is 6.07 Å². The molecule has 29 heavy (non-hydrogen) atoms. The Morgan fingerprint density at radius 1 is 1.10 bits per heavy atom. The van der Waals surface area contributed by atoms with Gasteiger partial charge in [0.05, 0.1) is 11.0 Å². The number of carboxylic acids is 1. The molecule has 2 atom stereocenters. The van der Waals surface area contributed by atoms with Crippen LogP contribution in [-0.2, 0) is 21.4 Å². The molecule has 7 nitrogen and oxygen atoms in total. The van der Waals surface area contributed by atoms with E-state index in [0.717, 1.165) is 21.0 Å². The average Bonchev–Trinajstić information content (AvgIpc) is 2.65. The molecule has 1 fully saturated rings. The fraction of sp³-hybridized carbons (Fsp3) is 0.381. The first-order chi connectivity index (χ1) is 13.7. The summed E-state index contributed by atoms with van der Waals surface area (Å²) >= 11 is 0. The van der Waals surface area contributed by atoms with Crippen LogP contribution in [-0.4, -0.2) is 47.6 Å². The number of ether oxygens (including phenoxy) is 1. The van der Waals surface area contributed by atoms with Crippen molar-refractivity contribution in [1.82, 2.24) is 4.31 Å². The van der Waals surface area contributed by atoms with Crippen LogP contribution in [0.2, 0.25) is 0 Å². The second-order valence-electron chi connectivity index (χ2n) is 7.42. The van der Waals surface area contributed by atoms with E-state index in [1.165, 1.54) is 12.1 Å². The minimum Gasteiger partial charge on any atom is -0.489 e. The lowest BCUT2D eigenvalue weighted by Gasteiger charge is -2.34. The number of hydrogen-bond donors (Lipinski definition) is 2. The summed E-state index contributed by atoms with van der Waals surface area (Å²) in [6.07, 6.45) is -0.540. The summed E-state index contributed by atoms with van der Waals surface area (Å²) in [4.78, 5) is 11.4. The zero-order chi connectivity index (χ0) is 21.2. The summed E-state index contributed by atoms with van der Waals surface area (Å²) in [7, 11) is -4.05. The van der Waals surface area contributed by atoms with Crippen molar-refractivity contribution in [2.45, 2.75) is 50.3 Å². The third kappa shape index (κ3) is 4.95. The van der Waals surface area contributed by atoms with Crippen molar-refractivity contribution in [3.8, 4) is 5.75 Å². The van der Waals surface area contributed by atoms with Crippen molar-refractivity contribution in [2.24, 2.45) is 0 Å². The van der Waals surface area contributed by atoms with Crippen molar-refractivity contribution in [2.75, 3.05) is 6.54 Å². The van der Waals surface area contributed by atoms with Crippen molar-refractivity contribution in [3.05, 3.63) is 59.2 Å². The highest BCUT2D eigenvalue weighted by molar-refractivity contribution is 7.89. The molecule has 1 heterocycles. The number of aliphatic hydroxyl groups is 1. The molecule has 0 spiro atoms. The first-order valence-corrected chi connectivity index (χ1v) is 10.8. The molecule has 2 aromatic rings. The number of aliphatic hydroxyl groups excluding tert-OH is 1. The van der Waals surface area contributed by atoms with E-state index in [-0.39, 0.29) is 24.3 Å². The number of rotatable bonds is 6. The summed E-state index contributed by atoms with van der Waals surface area (Å²) in [6.45, 7) is 4.15. The summed E-state index contributed by atoms with van der Waals surface area (Å²) in [6, 6.07) is 10.8. The smallest absolute Gasteiger partial charge is 0.322 e. The number of β-amino-alcohol motifs (C(OH)–C–C–N with tert-alkyl or cyclic N) is 1. The van der Waals surface area contributed by atoms with Gasteiger partial charge in [0, 0.05) is 6.54 Å². The molecule has 1 aliphatic heterocycles. The molecule has 2 N–H and O–H groups in total. The maximum absolute atomic E-state index is 12.9. The average molecular weight is 419 g/mol. The molecule has 8 heteroatoms. The Labute approximate surface area is 170 Å². The number of aryl methyl sites for hydroxylation is 2. The van der Waals surface area contributed by atoms with Crippen LogP contribution >= 0.6 is 0 Å². The highest BCUT2D eigenvalue weighted by Gasteiger charge is 2.40. The standard InChI is InChI=1S/C21H25NO6S/c1-14-9-15(2)11-16(10-14)13-28-18-4-6-19(7-5-18)29(26,27)22-12-17(23)3-8-20(22)21(24)25/h4-7,9-11,17,20,23H,3,8,12-13H2,1-2H3,(H,24,25). The second kappa shape index (κ2) is 8.52. The number of carboxylic acid groups (broad SMARTS) is 1. The van der Waals surface area contributed by atoms with E-state index in [0.29, 0.717) is 12.4 Å². The molecule has 2 aromatic carbocycles. The Bertz CT molecular complexity index is 966. The van der Waals surface area contributed by atoms with Crippen LogP contribution in [0.15, 0.2) is 47.4 Å². The van der Waals surface area contributed by atoms with Crippen LogP contribution in [0.5, 0.6) is 5.75 Å². The normalized spacial score (nSPS) is 20.4. The van der Waals surface area contributed by atoms with Crippen molar-refractivity contribution < 1.29 is 28.2 Å². The van der Waals surface area contributed by atoms with Gasteiger partial charge < -0.3 is 14.9 Å². The SMILES string of the molecule is Cc1cc(C)cc(COc2ccc(S(=O)(=O)N3CC(O)CCC3C(=O)O)cc2)c1. The number of piperidine rings is 1. The molecule has 0 aromatic heterocycles. The molecule has 0 saturated carbocycles. The molecule has 2 unspecified atom stereocenters. The van der Waals surface area contributed by atoms with E-state index < -0.39 is 28.1 Å². The molecule has 1 saturated heterocycles. The van der Waals surface area contributed by atoms with E-state index in [1.54, 1.807) is 12.1 Å². The number of benzene rings is 2. The summed E-state index contributed by atoms with van der Waals surface area (Å²) in [5.41, 5.74) is 3.30. The van der Waals surface area contributed by atoms with Gasteiger partial charge >= 0.3 is 5.97 Å². The van der Waals surface area contributed by atoms with Gasteiger partial charge in [-0.1, -0.05) is 29.3 Å². The van der Waals surface area contributed by atoms with Crippen LogP contribution < -0.4 is 4.74 Å². The predicted molar refractivity (Wildman–Crippen MR) is 107 cm³/mol. The van der Waals surface area contributed by atoms with Gasteiger partial charge in [-0.3, -0.25) is 4.79 Å². The van der Waals surface area contributed by atoms with Gasteiger partial charge in [-0.05, 0) is 56.5 Å². The first kappa shape index (κ1) is 21.3. The Morgan fingerprint density at radius 3 is 2.31 bits per heavy atom. The van der Waals surface area contributed by atoms with E-state index in [1.807, 2.05) is 26.0 Å². The molecule has 0 aliphatic carbocycles. The minimum absolute atomic E-state index is 0.0309. The number of hydrogen-bond acceptors (Lipinski definition) is 5. The molecule has 156 valence electrons. The lowest BCUT2D eigenvalue weighted by Crippen LogP contribution is -2.51. The maximum atomic E-state index is 12.9. The van der Waals surface area contributed by atoms with Gasteiger partial charge in [-0.25, -0.2) is 8.42 Å². The van der Waals surface area contributed by atoms with Crippen molar-refractivity contribution in [1.29, 1.82) is 0 Å². The van der Waals surface area contributed by atoms with Crippen molar-refractivity contribution >= 4 is 16.0 Å². The Balaban J connectivity index is 1.75. The highest BCUT2D eigenvalue weighted by Crippen LogP contribution is 2.27. The molecule has 0 radical (unpaired) electrons. The van der Waals surface area contributed by atoms with Crippen LogP contribution in [0.25, 0.3) is 0 Å². The molecule has 0 bridgehead atoms. The van der Waals surface area contributed by atoms with Gasteiger partial charge in [-0.15, -0.1) is 0 Å². The lowest BCUT2D eigenvalue weighted by atomic mass is 10.0. The largest absolute Gasteiger partial charge is 0.489 e. The minimum atomic E-state index is -4.05. The number of nitrogens with zero attached hydrogens (tertiary/aromatic N) is 1. The van der Waals surface area contributed by atoms with E-state index >= 15 is 0 Å². The maximum Gasteiger partial charge on any atom is 0.322 e. The fourth-order valence-electron chi connectivity index (χ4n) is 3.59. The zero-order valence-corrected chi connectivity index (χ0v) is 17.2. The van der Waals surface area contributed by atoms with Gasteiger partial charge in [0.15, 0.2) is 0 Å². The predicted octanol–water partition coefficient (Wildman–Crippen LogP) is 2.48. The molecular weight excluding hydrogens is 394 g/mol. The fourth-order valence-corrected chi connectivity index (χ4v) is 5.24. The summed E-state index contributed by atoms with van der Waals surface area (Å²) in [5.74, 6) is -0.703.